The lowest BCUT2D eigenvalue weighted by Gasteiger charge is -2.16. The van der Waals surface area contributed by atoms with E-state index in [1.165, 1.54) is 5.56 Å². The molecule has 0 unspecified atom stereocenters. The molecule has 5 heteroatoms. The Labute approximate surface area is 163 Å². The van der Waals surface area contributed by atoms with E-state index in [4.69, 9.17) is 9.72 Å². The molecule has 2 aromatic carbocycles. The van der Waals surface area contributed by atoms with Crippen molar-refractivity contribution in [2.75, 3.05) is 12.4 Å². The first kappa shape index (κ1) is 18.3. The number of aryl methyl sites for hydroxylation is 1. The summed E-state index contributed by atoms with van der Waals surface area (Å²) in [6.07, 6.45) is 4.29. The summed E-state index contributed by atoms with van der Waals surface area (Å²) in [5, 5.41) is 1.49. The van der Waals surface area contributed by atoms with Crippen LogP contribution in [0.2, 0.25) is 0 Å². The van der Waals surface area contributed by atoms with E-state index in [0.717, 1.165) is 48.7 Å². The molecule has 4 rings (SSSR count). The number of fused-ring (bicyclic) bond motifs is 1. The van der Waals surface area contributed by atoms with E-state index in [9.17, 15) is 4.79 Å². The topological polar surface area (TPSA) is 44.1 Å². The predicted molar refractivity (Wildman–Crippen MR) is 110 cm³/mol. The summed E-state index contributed by atoms with van der Waals surface area (Å²) in [5.74, 6) is 0.936. The lowest BCUT2D eigenvalue weighted by Crippen LogP contribution is -2.28. The molecule has 4 nitrogen and oxygen atoms in total. The van der Waals surface area contributed by atoms with E-state index in [-0.39, 0.29) is 11.7 Å². The van der Waals surface area contributed by atoms with Crippen LogP contribution in [-0.4, -0.2) is 28.0 Å². The highest BCUT2D eigenvalue weighted by molar-refractivity contribution is 7.99. The smallest absolute Gasteiger partial charge is 0.262 e. The molecule has 0 spiro atoms. The van der Waals surface area contributed by atoms with Gasteiger partial charge in [0.05, 0.1) is 23.6 Å². The number of para-hydroxylation sites is 1. The molecule has 3 aromatic rings. The summed E-state index contributed by atoms with van der Waals surface area (Å²) in [5.41, 5.74) is 2.17. The predicted octanol–water partition coefficient (Wildman–Crippen LogP) is 4.30. The molecular formula is C22H24N2O2S. The van der Waals surface area contributed by atoms with Gasteiger partial charge in [0.2, 0.25) is 0 Å². The van der Waals surface area contributed by atoms with Gasteiger partial charge >= 0.3 is 0 Å². The maximum Gasteiger partial charge on any atom is 0.262 e. The van der Waals surface area contributed by atoms with Crippen LogP contribution in [0.25, 0.3) is 10.9 Å². The Morgan fingerprint density at radius 2 is 1.93 bits per heavy atom. The largest absolute Gasteiger partial charge is 0.376 e. The highest BCUT2D eigenvalue weighted by atomic mass is 32.2. The fourth-order valence-corrected chi connectivity index (χ4v) is 4.44. The van der Waals surface area contributed by atoms with E-state index in [0.29, 0.717) is 11.9 Å². The molecule has 0 saturated carbocycles. The standard InChI is InChI=1S/C22H24N2O2S/c25-21-19-12-4-5-13-20(19)23-22(24(21)16-18-11-6-14-26-18)27-15-7-10-17-8-2-1-3-9-17/h1-5,8-9,12-13,18H,6-7,10-11,14-16H2/t18-/m1/s1. The van der Waals surface area contributed by atoms with Gasteiger partial charge in [-0.2, -0.15) is 0 Å². The number of thioether (sulfide) groups is 1. The molecule has 0 aliphatic carbocycles. The van der Waals surface area contributed by atoms with Crippen LogP contribution in [0.5, 0.6) is 0 Å². The molecule has 1 aliphatic heterocycles. The van der Waals surface area contributed by atoms with Crippen LogP contribution in [0.15, 0.2) is 64.5 Å². The van der Waals surface area contributed by atoms with Crippen LogP contribution in [0.3, 0.4) is 0 Å². The van der Waals surface area contributed by atoms with Crippen molar-refractivity contribution in [1.82, 2.24) is 9.55 Å². The Morgan fingerprint density at radius 3 is 2.74 bits per heavy atom. The number of ether oxygens (including phenoxy) is 1. The second-order valence-electron chi connectivity index (χ2n) is 6.90. The lowest BCUT2D eigenvalue weighted by atomic mass is 10.1. The molecule has 1 atom stereocenters. The molecular weight excluding hydrogens is 356 g/mol. The van der Waals surface area contributed by atoms with Gasteiger partial charge in [-0.3, -0.25) is 9.36 Å². The minimum atomic E-state index is 0.0432. The number of nitrogens with zero attached hydrogens (tertiary/aromatic N) is 2. The second kappa shape index (κ2) is 8.72. The summed E-state index contributed by atoms with van der Waals surface area (Å²) >= 11 is 1.67. The van der Waals surface area contributed by atoms with E-state index < -0.39 is 0 Å². The highest BCUT2D eigenvalue weighted by Crippen LogP contribution is 2.22. The number of aromatic nitrogens is 2. The third kappa shape index (κ3) is 4.42. The van der Waals surface area contributed by atoms with E-state index in [1.54, 1.807) is 11.8 Å². The fourth-order valence-electron chi connectivity index (χ4n) is 3.50. The molecule has 140 valence electrons. The number of hydrogen-bond acceptors (Lipinski definition) is 4. The molecule has 0 bridgehead atoms. The maximum absolute atomic E-state index is 13.0. The molecule has 0 radical (unpaired) electrons. The summed E-state index contributed by atoms with van der Waals surface area (Å²) < 4.78 is 7.59. The van der Waals surface area contributed by atoms with Gasteiger partial charge in [-0.25, -0.2) is 4.98 Å². The molecule has 0 N–H and O–H groups in total. The molecule has 1 saturated heterocycles. The molecule has 27 heavy (non-hydrogen) atoms. The highest BCUT2D eigenvalue weighted by Gasteiger charge is 2.20. The van der Waals surface area contributed by atoms with Crippen molar-refractivity contribution >= 4 is 22.7 Å². The van der Waals surface area contributed by atoms with Gasteiger partial charge in [0.15, 0.2) is 5.16 Å². The quantitative estimate of drug-likeness (QED) is 0.348. The van der Waals surface area contributed by atoms with Crippen molar-refractivity contribution in [1.29, 1.82) is 0 Å². The normalized spacial score (nSPS) is 16.8. The van der Waals surface area contributed by atoms with Gasteiger partial charge in [0, 0.05) is 12.4 Å². The molecule has 0 amide bonds. The van der Waals surface area contributed by atoms with Crippen molar-refractivity contribution in [3.05, 3.63) is 70.5 Å². The Morgan fingerprint density at radius 1 is 1.11 bits per heavy atom. The minimum absolute atomic E-state index is 0.0432. The number of benzene rings is 2. The summed E-state index contributed by atoms with van der Waals surface area (Å²) in [7, 11) is 0. The molecule has 1 aliphatic rings. The molecule has 2 heterocycles. The average Bonchev–Trinajstić information content (AvgIpc) is 3.22. The summed E-state index contributed by atoms with van der Waals surface area (Å²) in [6.45, 7) is 1.39. The van der Waals surface area contributed by atoms with Gasteiger partial charge in [-0.1, -0.05) is 54.2 Å². The monoisotopic (exact) mass is 380 g/mol. The lowest BCUT2D eigenvalue weighted by molar-refractivity contribution is 0.0937. The van der Waals surface area contributed by atoms with Gasteiger partial charge < -0.3 is 4.74 Å². The van der Waals surface area contributed by atoms with Crippen LogP contribution in [0.4, 0.5) is 0 Å². The van der Waals surface area contributed by atoms with E-state index in [1.807, 2.05) is 34.9 Å². The average molecular weight is 381 g/mol. The van der Waals surface area contributed by atoms with Crippen molar-refractivity contribution < 1.29 is 4.74 Å². The Bertz CT molecular complexity index is 949. The van der Waals surface area contributed by atoms with Crippen LogP contribution in [-0.2, 0) is 17.7 Å². The zero-order valence-corrected chi connectivity index (χ0v) is 16.2. The summed E-state index contributed by atoms with van der Waals surface area (Å²) in [4.78, 5) is 17.8. The van der Waals surface area contributed by atoms with Crippen LogP contribution in [0.1, 0.15) is 24.8 Å². The zero-order valence-electron chi connectivity index (χ0n) is 15.3. The van der Waals surface area contributed by atoms with Crippen LogP contribution < -0.4 is 5.56 Å². The Kier molecular flexibility index (Phi) is 5.90. The first-order chi connectivity index (χ1) is 13.3. The van der Waals surface area contributed by atoms with Crippen molar-refractivity contribution in [3.63, 3.8) is 0 Å². The van der Waals surface area contributed by atoms with Crippen molar-refractivity contribution in [2.24, 2.45) is 0 Å². The molecule has 1 aromatic heterocycles. The fraction of sp³-hybridized carbons (Fsp3) is 0.364. The Balaban J connectivity index is 1.53. The number of rotatable bonds is 7. The van der Waals surface area contributed by atoms with Crippen LogP contribution >= 0.6 is 11.8 Å². The van der Waals surface area contributed by atoms with Crippen molar-refractivity contribution in [3.8, 4) is 0 Å². The summed E-state index contributed by atoms with van der Waals surface area (Å²) in [6, 6.07) is 18.1. The van der Waals surface area contributed by atoms with E-state index in [2.05, 4.69) is 24.3 Å². The first-order valence-corrected chi connectivity index (χ1v) is 10.6. The SMILES string of the molecule is O=c1c2ccccc2nc(SCCCc2ccccc2)n1C[C@H]1CCCO1. The Hall–Kier alpha value is -2.11. The first-order valence-electron chi connectivity index (χ1n) is 9.59. The second-order valence-corrected chi connectivity index (χ2v) is 7.96. The maximum atomic E-state index is 13.0. The van der Waals surface area contributed by atoms with Gasteiger partial charge in [0.1, 0.15) is 0 Å². The van der Waals surface area contributed by atoms with Crippen molar-refractivity contribution in [2.45, 2.75) is 43.5 Å². The minimum Gasteiger partial charge on any atom is -0.376 e. The van der Waals surface area contributed by atoms with Gasteiger partial charge in [-0.15, -0.1) is 0 Å². The van der Waals surface area contributed by atoms with Gasteiger partial charge in [0.25, 0.3) is 5.56 Å². The van der Waals surface area contributed by atoms with Gasteiger partial charge in [-0.05, 0) is 43.4 Å². The number of hydrogen-bond donors (Lipinski definition) is 0. The zero-order chi connectivity index (χ0) is 18.5. The third-order valence-electron chi connectivity index (χ3n) is 4.92. The third-order valence-corrected chi connectivity index (χ3v) is 5.98. The molecule has 1 fully saturated rings. The van der Waals surface area contributed by atoms with Crippen LogP contribution in [0, 0.1) is 0 Å². The van der Waals surface area contributed by atoms with E-state index >= 15 is 0 Å².